The zero-order valence-electron chi connectivity index (χ0n) is 10.8. The number of nitrogens with zero attached hydrogens (tertiary/aromatic N) is 1. The van der Waals surface area contributed by atoms with Gasteiger partial charge in [0.1, 0.15) is 0 Å². The molecular formula is C17H15NO. The second-order valence-electron chi connectivity index (χ2n) is 4.64. The van der Waals surface area contributed by atoms with Crippen LogP contribution in [0, 0.1) is 17.2 Å². The van der Waals surface area contributed by atoms with E-state index in [4.69, 9.17) is 5.26 Å². The van der Waals surface area contributed by atoms with Crippen molar-refractivity contribution in [2.24, 2.45) is 5.92 Å². The second kappa shape index (κ2) is 5.97. The van der Waals surface area contributed by atoms with Crippen LogP contribution in [-0.2, 0) is 6.42 Å². The van der Waals surface area contributed by atoms with Crippen molar-refractivity contribution in [1.82, 2.24) is 0 Å². The summed E-state index contributed by atoms with van der Waals surface area (Å²) in [7, 11) is 0. The normalized spacial score (nSPS) is 11.6. The van der Waals surface area contributed by atoms with E-state index in [9.17, 15) is 4.79 Å². The van der Waals surface area contributed by atoms with Crippen molar-refractivity contribution in [2.45, 2.75) is 13.3 Å². The first kappa shape index (κ1) is 13.0. The lowest BCUT2D eigenvalue weighted by molar-refractivity contribution is 0.0929. The number of Topliss-reactive ketones (excluding diaryl/α,β-unsaturated/α-hetero) is 1. The number of carbonyl (C=O) groups is 1. The van der Waals surface area contributed by atoms with E-state index in [1.807, 2.05) is 37.3 Å². The molecule has 2 aromatic rings. The first-order valence-corrected chi connectivity index (χ1v) is 6.29. The molecule has 0 spiro atoms. The zero-order chi connectivity index (χ0) is 13.7. The lowest BCUT2D eigenvalue weighted by Gasteiger charge is -2.10. The summed E-state index contributed by atoms with van der Waals surface area (Å²) in [5, 5.41) is 8.74. The van der Waals surface area contributed by atoms with Gasteiger partial charge in [-0.05, 0) is 24.1 Å². The van der Waals surface area contributed by atoms with E-state index in [0.717, 1.165) is 12.0 Å². The molecular weight excluding hydrogens is 234 g/mol. The summed E-state index contributed by atoms with van der Waals surface area (Å²) in [6.07, 6.45) is 0.736. The molecule has 0 saturated carbocycles. The van der Waals surface area contributed by atoms with Crippen molar-refractivity contribution in [3.05, 3.63) is 71.3 Å². The summed E-state index contributed by atoms with van der Waals surface area (Å²) in [4.78, 5) is 12.3. The van der Waals surface area contributed by atoms with Gasteiger partial charge in [-0.25, -0.2) is 0 Å². The van der Waals surface area contributed by atoms with Crippen molar-refractivity contribution in [1.29, 1.82) is 5.26 Å². The molecule has 2 heteroatoms. The molecule has 0 aliphatic carbocycles. The maximum Gasteiger partial charge on any atom is 0.165 e. The van der Waals surface area contributed by atoms with Gasteiger partial charge in [-0.15, -0.1) is 0 Å². The van der Waals surface area contributed by atoms with E-state index in [1.54, 1.807) is 24.3 Å². The fourth-order valence-corrected chi connectivity index (χ4v) is 2.05. The molecule has 0 saturated heterocycles. The highest BCUT2D eigenvalue weighted by molar-refractivity contribution is 5.97. The third-order valence-electron chi connectivity index (χ3n) is 3.13. The van der Waals surface area contributed by atoms with Gasteiger partial charge in [-0.1, -0.05) is 49.4 Å². The minimum absolute atomic E-state index is 0.0599. The minimum atomic E-state index is -0.0599. The molecule has 19 heavy (non-hydrogen) atoms. The highest BCUT2D eigenvalue weighted by atomic mass is 16.1. The lowest BCUT2D eigenvalue weighted by atomic mass is 9.92. The largest absolute Gasteiger partial charge is 0.294 e. The van der Waals surface area contributed by atoms with Crippen LogP contribution < -0.4 is 0 Å². The highest BCUT2D eigenvalue weighted by Gasteiger charge is 2.15. The molecule has 0 aliphatic rings. The van der Waals surface area contributed by atoms with Crippen LogP contribution in [0.5, 0.6) is 0 Å². The lowest BCUT2D eigenvalue weighted by Crippen LogP contribution is -2.13. The van der Waals surface area contributed by atoms with Gasteiger partial charge in [-0.3, -0.25) is 4.79 Å². The fraction of sp³-hybridized carbons (Fsp3) is 0.176. The zero-order valence-corrected chi connectivity index (χ0v) is 10.8. The maximum atomic E-state index is 12.3. The Morgan fingerprint density at radius 2 is 1.74 bits per heavy atom. The molecule has 2 nitrogen and oxygen atoms in total. The maximum absolute atomic E-state index is 12.3. The first-order valence-electron chi connectivity index (χ1n) is 6.29. The molecule has 0 heterocycles. The molecule has 0 amide bonds. The predicted molar refractivity (Wildman–Crippen MR) is 74.8 cm³/mol. The van der Waals surface area contributed by atoms with Crippen molar-refractivity contribution in [2.75, 3.05) is 0 Å². The van der Waals surface area contributed by atoms with E-state index in [-0.39, 0.29) is 11.7 Å². The van der Waals surface area contributed by atoms with E-state index in [0.29, 0.717) is 11.1 Å². The average molecular weight is 249 g/mol. The Morgan fingerprint density at radius 3 is 2.32 bits per heavy atom. The smallest absolute Gasteiger partial charge is 0.165 e. The molecule has 2 rings (SSSR count). The fourth-order valence-electron chi connectivity index (χ4n) is 2.05. The minimum Gasteiger partial charge on any atom is -0.294 e. The Morgan fingerprint density at radius 1 is 1.11 bits per heavy atom. The van der Waals surface area contributed by atoms with Crippen molar-refractivity contribution < 1.29 is 4.79 Å². The molecule has 0 bridgehead atoms. The predicted octanol–water partition coefficient (Wildman–Crippen LogP) is 3.62. The molecule has 0 radical (unpaired) electrons. The molecule has 1 unspecified atom stereocenters. The summed E-state index contributed by atoms with van der Waals surface area (Å²) >= 11 is 0. The Kier molecular flexibility index (Phi) is 4.10. The van der Waals surface area contributed by atoms with Crippen molar-refractivity contribution in [3.63, 3.8) is 0 Å². The van der Waals surface area contributed by atoms with Gasteiger partial charge in [0.25, 0.3) is 0 Å². The van der Waals surface area contributed by atoms with Crippen molar-refractivity contribution in [3.8, 4) is 6.07 Å². The van der Waals surface area contributed by atoms with Crippen LogP contribution >= 0.6 is 0 Å². The quantitative estimate of drug-likeness (QED) is 0.776. The molecule has 94 valence electrons. The molecule has 1 atom stereocenters. The Bertz CT molecular complexity index is 593. The summed E-state index contributed by atoms with van der Waals surface area (Å²) in [5.74, 6) is 0.0590. The summed E-state index contributed by atoms with van der Waals surface area (Å²) in [6, 6.07) is 18.9. The van der Waals surface area contributed by atoms with Crippen molar-refractivity contribution >= 4 is 5.78 Å². The number of rotatable bonds is 4. The van der Waals surface area contributed by atoms with Gasteiger partial charge in [-0.2, -0.15) is 5.26 Å². The monoisotopic (exact) mass is 249 g/mol. The topological polar surface area (TPSA) is 40.9 Å². The summed E-state index contributed by atoms with van der Waals surface area (Å²) in [6.45, 7) is 1.94. The van der Waals surface area contributed by atoms with E-state index < -0.39 is 0 Å². The number of hydrogen-bond acceptors (Lipinski definition) is 2. The molecule has 2 aromatic carbocycles. The van der Waals surface area contributed by atoms with Gasteiger partial charge < -0.3 is 0 Å². The van der Waals surface area contributed by atoms with Gasteiger partial charge in [0, 0.05) is 11.5 Å². The van der Waals surface area contributed by atoms with Crippen LogP contribution in [0.2, 0.25) is 0 Å². The SMILES string of the molecule is CC(Cc1ccccc1)C(=O)c1ccc(C#N)cc1. The van der Waals surface area contributed by atoms with Crippen LogP contribution in [0.25, 0.3) is 0 Å². The molecule has 0 N–H and O–H groups in total. The number of hydrogen-bond donors (Lipinski definition) is 0. The number of ketones is 1. The van der Waals surface area contributed by atoms with Crippen LogP contribution in [-0.4, -0.2) is 5.78 Å². The van der Waals surface area contributed by atoms with E-state index in [1.165, 1.54) is 0 Å². The van der Waals surface area contributed by atoms with Gasteiger partial charge in [0.05, 0.1) is 11.6 Å². The number of carbonyl (C=O) groups excluding carboxylic acids is 1. The van der Waals surface area contributed by atoms with Crippen LogP contribution in [0.4, 0.5) is 0 Å². The summed E-state index contributed by atoms with van der Waals surface area (Å²) < 4.78 is 0. The summed E-state index contributed by atoms with van der Waals surface area (Å²) in [5.41, 5.74) is 2.41. The number of nitriles is 1. The Labute approximate surface area is 113 Å². The van der Waals surface area contributed by atoms with Crippen LogP contribution in [0.1, 0.15) is 28.4 Å². The highest BCUT2D eigenvalue weighted by Crippen LogP contribution is 2.15. The number of benzene rings is 2. The Hall–Kier alpha value is -2.40. The third-order valence-corrected chi connectivity index (χ3v) is 3.13. The van der Waals surface area contributed by atoms with Crippen LogP contribution in [0.3, 0.4) is 0 Å². The molecule has 0 aliphatic heterocycles. The van der Waals surface area contributed by atoms with E-state index in [2.05, 4.69) is 6.07 Å². The second-order valence-corrected chi connectivity index (χ2v) is 4.64. The van der Waals surface area contributed by atoms with Crippen LogP contribution in [0.15, 0.2) is 54.6 Å². The van der Waals surface area contributed by atoms with Gasteiger partial charge >= 0.3 is 0 Å². The Balaban J connectivity index is 2.08. The molecule has 0 fully saturated rings. The van der Waals surface area contributed by atoms with Gasteiger partial charge in [0.2, 0.25) is 0 Å². The third kappa shape index (κ3) is 3.29. The van der Waals surface area contributed by atoms with Gasteiger partial charge in [0.15, 0.2) is 5.78 Å². The standard InChI is InChI=1S/C17H15NO/c1-13(11-14-5-3-2-4-6-14)17(19)16-9-7-15(12-18)8-10-16/h2-10,13H,11H2,1H3. The first-order chi connectivity index (χ1) is 9.20. The average Bonchev–Trinajstić information content (AvgIpc) is 2.47. The van der Waals surface area contributed by atoms with E-state index >= 15 is 0 Å². The molecule has 0 aromatic heterocycles.